The van der Waals surface area contributed by atoms with Crippen LogP contribution in [-0.4, -0.2) is 18.7 Å². The van der Waals surface area contributed by atoms with Crippen LogP contribution in [-0.2, 0) is 9.59 Å². The molecule has 4 heteroatoms. The highest BCUT2D eigenvalue weighted by Gasteiger charge is 2.26. The Morgan fingerprint density at radius 2 is 2.19 bits per heavy atom. The maximum absolute atomic E-state index is 11.5. The third-order valence-corrected chi connectivity index (χ3v) is 3.05. The van der Waals surface area contributed by atoms with Gasteiger partial charge in [-0.05, 0) is 25.0 Å². The minimum Gasteiger partial charge on any atom is -0.372 e. The van der Waals surface area contributed by atoms with Gasteiger partial charge < -0.3 is 5.32 Å². The van der Waals surface area contributed by atoms with E-state index >= 15 is 0 Å². The van der Waals surface area contributed by atoms with E-state index in [2.05, 4.69) is 10.6 Å². The van der Waals surface area contributed by atoms with E-state index in [9.17, 15) is 9.59 Å². The van der Waals surface area contributed by atoms with Crippen molar-refractivity contribution < 1.29 is 9.59 Å². The molecular weight excluding hydrogens is 204 g/mol. The third-order valence-electron chi connectivity index (χ3n) is 3.05. The van der Waals surface area contributed by atoms with Crippen LogP contribution in [0.5, 0.6) is 0 Å². The summed E-state index contributed by atoms with van der Waals surface area (Å²) in [7, 11) is 0. The van der Waals surface area contributed by atoms with Crippen molar-refractivity contribution in [2.45, 2.75) is 19.9 Å². The van der Waals surface area contributed by atoms with Gasteiger partial charge in [0, 0.05) is 11.3 Å². The first-order chi connectivity index (χ1) is 7.65. The zero-order valence-corrected chi connectivity index (χ0v) is 9.33. The van der Waals surface area contributed by atoms with E-state index < -0.39 is 11.8 Å². The Morgan fingerprint density at radius 1 is 1.44 bits per heavy atom. The Labute approximate surface area is 94.0 Å². The van der Waals surface area contributed by atoms with Gasteiger partial charge in [-0.15, -0.1) is 0 Å². The molecule has 1 aliphatic rings. The van der Waals surface area contributed by atoms with Crippen LogP contribution < -0.4 is 10.6 Å². The molecule has 0 saturated heterocycles. The fourth-order valence-corrected chi connectivity index (χ4v) is 1.99. The smallest absolute Gasteiger partial charge is 0.216 e. The van der Waals surface area contributed by atoms with E-state index in [0.29, 0.717) is 13.0 Å². The molecule has 0 fully saturated rings. The molecule has 2 rings (SSSR count). The van der Waals surface area contributed by atoms with E-state index in [4.69, 9.17) is 0 Å². The van der Waals surface area contributed by atoms with Crippen LogP contribution in [0.15, 0.2) is 12.1 Å². The third kappa shape index (κ3) is 1.61. The van der Waals surface area contributed by atoms with E-state index in [1.165, 1.54) is 5.56 Å². The lowest BCUT2D eigenvalue weighted by molar-refractivity contribution is -0.131. The van der Waals surface area contributed by atoms with Crippen molar-refractivity contribution in [1.29, 1.82) is 0 Å². The van der Waals surface area contributed by atoms with E-state index in [0.717, 1.165) is 16.8 Å². The maximum Gasteiger partial charge on any atom is 0.216 e. The number of carbonyl (C=O) groups excluding carboxylic acids is 2. The number of Topliss-reactive ketones (excluding diaryl/α,β-unsaturated/α-hetero) is 1. The monoisotopic (exact) mass is 218 g/mol. The number of carbonyl (C=O) groups is 2. The second-order valence-electron chi connectivity index (χ2n) is 3.98. The zero-order valence-electron chi connectivity index (χ0n) is 9.33. The molecule has 16 heavy (non-hydrogen) atoms. The highest BCUT2D eigenvalue weighted by Crippen LogP contribution is 2.31. The molecule has 1 aromatic carbocycles. The summed E-state index contributed by atoms with van der Waals surface area (Å²) in [6.07, 6.45) is 0.377. The van der Waals surface area contributed by atoms with Crippen molar-refractivity contribution in [3.8, 4) is 0 Å². The minimum absolute atomic E-state index is 0.377. The number of hydrogen-bond donors (Lipinski definition) is 2. The van der Waals surface area contributed by atoms with Gasteiger partial charge in [-0.2, -0.15) is 0 Å². The lowest BCUT2D eigenvalue weighted by Gasteiger charge is -2.27. The number of aldehydes is 1. The van der Waals surface area contributed by atoms with Crippen molar-refractivity contribution in [3.63, 3.8) is 0 Å². The van der Waals surface area contributed by atoms with E-state index in [-0.39, 0.29) is 0 Å². The first-order valence-corrected chi connectivity index (χ1v) is 5.21. The Kier molecular flexibility index (Phi) is 2.75. The Bertz CT molecular complexity index is 455. The van der Waals surface area contributed by atoms with Gasteiger partial charge in [-0.3, -0.25) is 14.9 Å². The molecule has 1 heterocycles. The number of fused-ring (bicyclic) bond motifs is 1. The molecule has 84 valence electrons. The summed E-state index contributed by atoms with van der Waals surface area (Å²) in [6, 6.07) is 3.35. The summed E-state index contributed by atoms with van der Waals surface area (Å²) >= 11 is 0. The number of hydrogen-bond acceptors (Lipinski definition) is 4. The van der Waals surface area contributed by atoms with Gasteiger partial charge in [0.2, 0.25) is 5.78 Å². The lowest BCUT2D eigenvalue weighted by atomic mass is 9.94. The van der Waals surface area contributed by atoms with Crippen LogP contribution in [0.3, 0.4) is 0 Å². The minimum atomic E-state index is -0.506. The molecule has 0 bridgehead atoms. The molecule has 0 spiro atoms. The summed E-state index contributed by atoms with van der Waals surface area (Å²) in [5.41, 5.74) is 4.12. The predicted molar refractivity (Wildman–Crippen MR) is 61.4 cm³/mol. The standard InChI is InChI=1S/C12H14N2O2/c1-7-3-4-9-11(8(7)2)13-6-14-12(9)10(16)5-15/h3-5,12-14H,6H2,1-2H3. The van der Waals surface area contributed by atoms with Gasteiger partial charge in [0.1, 0.15) is 6.04 Å². The van der Waals surface area contributed by atoms with Crippen LogP contribution in [0.25, 0.3) is 0 Å². The van der Waals surface area contributed by atoms with Crippen LogP contribution >= 0.6 is 0 Å². The SMILES string of the molecule is Cc1ccc2c(c1C)NCNC2C(=O)C=O. The van der Waals surface area contributed by atoms with Gasteiger partial charge in [0.15, 0.2) is 6.29 Å². The maximum atomic E-state index is 11.5. The van der Waals surface area contributed by atoms with Crippen molar-refractivity contribution in [3.05, 3.63) is 28.8 Å². The van der Waals surface area contributed by atoms with Gasteiger partial charge in [0.05, 0.1) is 6.67 Å². The molecular formula is C12H14N2O2. The van der Waals surface area contributed by atoms with Crippen LogP contribution in [0, 0.1) is 13.8 Å². The van der Waals surface area contributed by atoms with Crippen molar-refractivity contribution in [2.24, 2.45) is 0 Å². The number of benzene rings is 1. The van der Waals surface area contributed by atoms with E-state index in [1.807, 2.05) is 26.0 Å². The predicted octanol–water partition coefficient (Wildman–Crippen LogP) is 1.09. The Morgan fingerprint density at radius 3 is 2.88 bits per heavy atom. The first-order valence-electron chi connectivity index (χ1n) is 5.21. The highest BCUT2D eigenvalue weighted by atomic mass is 16.2. The second kappa shape index (κ2) is 4.06. The molecule has 0 radical (unpaired) electrons. The van der Waals surface area contributed by atoms with Crippen molar-refractivity contribution >= 4 is 17.8 Å². The fourth-order valence-electron chi connectivity index (χ4n) is 1.99. The topological polar surface area (TPSA) is 58.2 Å². The molecule has 1 atom stereocenters. The van der Waals surface area contributed by atoms with Gasteiger partial charge in [-0.25, -0.2) is 0 Å². The summed E-state index contributed by atoms with van der Waals surface area (Å²) in [4.78, 5) is 22.0. The van der Waals surface area contributed by atoms with Crippen molar-refractivity contribution in [2.75, 3.05) is 12.0 Å². The normalized spacial score (nSPS) is 18.5. The quantitative estimate of drug-likeness (QED) is 0.576. The molecule has 0 aromatic heterocycles. The zero-order chi connectivity index (χ0) is 11.7. The second-order valence-corrected chi connectivity index (χ2v) is 3.98. The van der Waals surface area contributed by atoms with Gasteiger partial charge in [-0.1, -0.05) is 12.1 Å². The number of ketones is 1. The number of rotatable bonds is 2. The summed E-state index contributed by atoms with van der Waals surface area (Å²) in [5, 5.41) is 6.18. The summed E-state index contributed by atoms with van der Waals surface area (Å²) in [6.45, 7) is 4.53. The molecule has 1 aromatic rings. The van der Waals surface area contributed by atoms with Crippen LogP contribution in [0.2, 0.25) is 0 Å². The lowest BCUT2D eigenvalue weighted by Crippen LogP contribution is -2.38. The van der Waals surface area contributed by atoms with E-state index in [1.54, 1.807) is 0 Å². The Balaban J connectivity index is 2.51. The fraction of sp³-hybridized carbons (Fsp3) is 0.333. The molecule has 4 nitrogen and oxygen atoms in total. The highest BCUT2D eigenvalue weighted by molar-refractivity contribution is 6.27. The molecule has 1 unspecified atom stereocenters. The molecule has 2 N–H and O–H groups in total. The van der Waals surface area contributed by atoms with Crippen LogP contribution in [0.1, 0.15) is 22.7 Å². The Hall–Kier alpha value is -1.68. The van der Waals surface area contributed by atoms with Gasteiger partial charge >= 0.3 is 0 Å². The molecule has 1 aliphatic heterocycles. The number of nitrogens with one attached hydrogen (secondary N) is 2. The summed E-state index contributed by atoms with van der Waals surface area (Å²) in [5.74, 6) is -0.425. The average Bonchev–Trinajstić information content (AvgIpc) is 2.32. The van der Waals surface area contributed by atoms with Crippen molar-refractivity contribution in [1.82, 2.24) is 5.32 Å². The van der Waals surface area contributed by atoms with Crippen LogP contribution in [0.4, 0.5) is 5.69 Å². The largest absolute Gasteiger partial charge is 0.372 e. The molecule has 0 amide bonds. The molecule has 0 aliphatic carbocycles. The number of aryl methyl sites for hydroxylation is 1. The van der Waals surface area contributed by atoms with Gasteiger partial charge in [0.25, 0.3) is 0 Å². The number of anilines is 1. The molecule has 0 saturated carbocycles. The average molecular weight is 218 g/mol. The first kappa shape index (κ1) is 10.8. The summed E-state index contributed by atoms with van der Waals surface area (Å²) < 4.78 is 0.